The topological polar surface area (TPSA) is 68.2 Å². The Kier molecular flexibility index (Phi) is 5.58. The Bertz CT molecular complexity index is 423. The minimum absolute atomic E-state index is 0. The third-order valence-corrected chi connectivity index (χ3v) is 4.42. The first-order chi connectivity index (χ1) is 8.88. The van der Waals surface area contributed by atoms with Gasteiger partial charge in [-0.05, 0) is 45.1 Å². The van der Waals surface area contributed by atoms with Gasteiger partial charge in [-0.2, -0.15) is 4.98 Å². The monoisotopic (exact) mass is 302 g/mol. The lowest BCUT2D eigenvalue weighted by Gasteiger charge is -2.26. The molecular formula is C14H27ClN4O. The first kappa shape index (κ1) is 17.4. The van der Waals surface area contributed by atoms with Crippen molar-refractivity contribution in [1.29, 1.82) is 0 Å². The molecule has 0 saturated carbocycles. The molecule has 0 aliphatic carbocycles. The molecule has 2 N–H and O–H groups in total. The van der Waals surface area contributed by atoms with Crippen LogP contribution in [0.5, 0.6) is 0 Å². The van der Waals surface area contributed by atoms with E-state index in [9.17, 15) is 0 Å². The maximum absolute atomic E-state index is 5.97. The molecule has 1 aliphatic heterocycles. The standard InChI is InChI=1S/C14H26N4O.ClH/c1-5-14(6-2)7-8-18(10-14)9-11-16-12(17-19-11)13(3,4)15;/h5-10,15H2,1-4H3;1H. The van der Waals surface area contributed by atoms with Gasteiger partial charge in [-0.1, -0.05) is 19.0 Å². The van der Waals surface area contributed by atoms with E-state index in [-0.39, 0.29) is 12.4 Å². The first-order valence-corrected chi connectivity index (χ1v) is 7.23. The average molecular weight is 303 g/mol. The van der Waals surface area contributed by atoms with E-state index in [1.807, 2.05) is 13.8 Å². The lowest BCUT2D eigenvalue weighted by molar-refractivity contribution is 0.215. The van der Waals surface area contributed by atoms with Crippen molar-refractivity contribution in [2.45, 2.75) is 59.0 Å². The fourth-order valence-electron chi connectivity index (χ4n) is 2.76. The summed E-state index contributed by atoms with van der Waals surface area (Å²) in [6.45, 7) is 11.3. The van der Waals surface area contributed by atoms with E-state index in [2.05, 4.69) is 28.9 Å². The molecule has 116 valence electrons. The zero-order valence-electron chi connectivity index (χ0n) is 13.0. The quantitative estimate of drug-likeness (QED) is 0.905. The molecule has 5 nitrogen and oxygen atoms in total. The average Bonchev–Trinajstić information content (AvgIpc) is 2.96. The highest BCUT2D eigenvalue weighted by atomic mass is 35.5. The Morgan fingerprint density at radius 3 is 2.45 bits per heavy atom. The van der Waals surface area contributed by atoms with Crippen LogP contribution < -0.4 is 5.73 Å². The van der Waals surface area contributed by atoms with Crippen LogP contribution >= 0.6 is 12.4 Å². The van der Waals surface area contributed by atoms with Crippen LogP contribution in [0.1, 0.15) is 58.7 Å². The van der Waals surface area contributed by atoms with E-state index < -0.39 is 5.54 Å². The summed E-state index contributed by atoms with van der Waals surface area (Å²) in [5.41, 5.74) is 5.91. The molecule has 1 saturated heterocycles. The van der Waals surface area contributed by atoms with E-state index in [4.69, 9.17) is 10.3 Å². The molecule has 0 aromatic carbocycles. The van der Waals surface area contributed by atoms with Crippen molar-refractivity contribution in [2.24, 2.45) is 11.1 Å². The van der Waals surface area contributed by atoms with Crippen molar-refractivity contribution in [2.75, 3.05) is 13.1 Å². The van der Waals surface area contributed by atoms with E-state index >= 15 is 0 Å². The summed E-state index contributed by atoms with van der Waals surface area (Å²) in [6, 6.07) is 0. The largest absolute Gasteiger partial charge is 0.338 e. The van der Waals surface area contributed by atoms with Crippen LogP contribution in [0.25, 0.3) is 0 Å². The summed E-state index contributed by atoms with van der Waals surface area (Å²) in [7, 11) is 0. The number of hydrogen-bond donors (Lipinski definition) is 1. The van der Waals surface area contributed by atoms with Crippen LogP contribution in [0.2, 0.25) is 0 Å². The number of nitrogens with two attached hydrogens (primary N) is 1. The lowest BCUT2D eigenvalue weighted by Crippen LogP contribution is -2.30. The van der Waals surface area contributed by atoms with E-state index in [1.54, 1.807) is 0 Å². The van der Waals surface area contributed by atoms with Crippen molar-refractivity contribution in [3.8, 4) is 0 Å². The number of halogens is 1. The maximum Gasteiger partial charge on any atom is 0.240 e. The van der Waals surface area contributed by atoms with Crippen molar-refractivity contribution in [1.82, 2.24) is 15.0 Å². The predicted octanol–water partition coefficient (Wildman–Crippen LogP) is 2.70. The molecule has 1 fully saturated rings. The number of rotatable bonds is 5. The molecule has 0 unspecified atom stereocenters. The molecule has 6 heteroatoms. The van der Waals surface area contributed by atoms with Gasteiger partial charge in [-0.25, -0.2) is 0 Å². The zero-order valence-corrected chi connectivity index (χ0v) is 13.8. The van der Waals surface area contributed by atoms with Crippen LogP contribution in [0.3, 0.4) is 0 Å². The summed E-state index contributed by atoms with van der Waals surface area (Å²) in [6.07, 6.45) is 3.75. The molecule has 0 spiro atoms. The third-order valence-electron chi connectivity index (χ3n) is 4.42. The van der Waals surface area contributed by atoms with Gasteiger partial charge in [-0.15, -0.1) is 12.4 Å². The molecule has 0 amide bonds. The van der Waals surface area contributed by atoms with Gasteiger partial charge in [0.1, 0.15) is 0 Å². The van der Waals surface area contributed by atoms with E-state index in [0.29, 0.717) is 17.1 Å². The van der Waals surface area contributed by atoms with Crippen molar-refractivity contribution >= 4 is 12.4 Å². The van der Waals surface area contributed by atoms with Gasteiger partial charge in [0.15, 0.2) is 5.82 Å². The molecular weight excluding hydrogens is 276 g/mol. The van der Waals surface area contributed by atoms with E-state index in [1.165, 1.54) is 19.3 Å². The molecule has 2 heterocycles. The number of likely N-dealkylation sites (tertiary alicyclic amines) is 1. The van der Waals surface area contributed by atoms with Crippen molar-refractivity contribution < 1.29 is 4.52 Å². The summed E-state index contributed by atoms with van der Waals surface area (Å²) in [5.74, 6) is 1.26. The van der Waals surface area contributed by atoms with Gasteiger partial charge >= 0.3 is 0 Å². The highest BCUT2D eigenvalue weighted by molar-refractivity contribution is 5.85. The van der Waals surface area contributed by atoms with Crippen LogP contribution in [0.15, 0.2) is 4.52 Å². The predicted molar refractivity (Wildman–Crippen MR) is 81.7 cm³/mol. The van der Waals surface area contributed by atoms with Crippen LogP contribution in [0, 0.1) is 5.41 Å². The second kappa shape index (κ2) is 6.41. The highest BCUT2D eigenvalue weighted by Crippen LogP contribution is 2.37. The van der Waals surface area contributed by atoms with Crippen molar-refractivity contribution in [3.05, 3.63) is 11.7 Å². The number of aromatic nitrogens is 2. The molecule has 0 bridgehead atoms. The van der Waals surface area contributed by atoms with Gasteiger partial charge < -0.3 is 10.3 Å². The van der Waals surface area contributed by atoms with Crippen LogP contribution in [-0.4, -0.2) is 28.1 Å². The molecule has 0 atom stereocenters. The van der Waals surface area contributed by atoms with Gasteiger partial charge in [-0.3, -0.25) is 4.90 Å². The fraction of sp³-hybridized carbons (Fsp3) is 0.857. The Balaban J connectivity index is 0.00000200. The van der Waals surface area contributed by atoms with Crippen LogP contribution in [0.4, 0.5) is 0 Å². The Morgan fingerprint density at radius 2 is 2.00 bits per heavy atom. The first-order valence-electron chi connectivity index (χ1n) is 7.23. The normalized spacial score (nSPS) is 19.1. The number of hydrogen-bond acceptors (Lipinski definition) is 5. The molecule has 1 aliphatic rings. The lowest BCUT2D eigenvalue weighted by atomic mass is 9.82. The fourth-order valence-corrected chi connectivity index (χ4v) is 2.76. The zero-order chi connectivity index (χ0) is 14.1. The minimum Gasteiger partial charge on any atom is -0.338 e. The third kappa shape index (κ3) is 3.71. The second-order valence-electron chi connectivity index (χ2n) is 6.40. The maximum atomic E-state index is 5.97. The molecule has 20 heavy (non-hydrogen) atoms. The minimum atomic E-state index is -0.538. The summed E-state index contributed by atoms with van der Waals surface area (Å²) < 4.78 is 5.31. The van der Waals surface area contributed by atoms with Gasteiger partial charge in [0.2, 0.25) is 5.89 Å². The number of nitrogens with zero attached hydrogens (tertiary/aromatic N) is 3. The Morgan fingerprint density at radius 1 is 1.35 bits per heavy atom. The van der Waals surface area contributed by atoms with Crippen molar-refractivity contribution in [3.63, 3.8) is 0 Å². The van der Waals surface area contributed by atoms with E-state index in [0.717, 1.165) is 19.6 Å². The Hall–Kier alpha value is -0.650. The van der Waals surface area contributed by atoms with Gasteiger partial charge in [0.05, 0.1) is 12.1 Å². The molecule has 1 aromatic rings. The second-order valence-corrected chi connectivity index (χ2v) is 6.40. The molecule has 0 radical (unpaired) electrons. The van der Waals surface area contributed by atoms with Gasteiger partial charge in [0.25, 0.3) is 0 Å². The van der Waals surface area contributed by atoms with Gasteiger partial charge in [0, 0.05) is 6.54 Å². The van der Waals surface area contributed by atoms with Crippen LogP contribution in [-0.2, 0) is 12.1 Å². The Labute approximate surface area is 127 Å². The summed E-state index contributed by atoms with van der Waals surface area (Å²) >= 11 is 0. The molecule has 1 aromatic heterocycles. The summed E-state index contributed by atoms with van der Waals surface area (Å²) in [5, 5.41) is 3.97. The smallest absolute Gasteiger partial charge is 0.240 e. The molecule has 2 rings (SSSR count). The summed E-state index contributed by atoms with van der Waals surface area (Å²) in [4.78, 5) is 6.81. The highest BCUT2D eigenvalue weighted by Gasteiger charge is 2.35. The SMILES string of the molecule is CCC1(CC)CCN(Cc2nc(C(C)(C)N)no2)C1.Cl.